The normalized spacial score (nSPS) is 17.1. The summed E-state index contributed by atoms with van der Waals surface area (Å²) in [4.78, 5) is 0. The van der Waals surface area contributed by atoms with Gasteiger partial charge in [0.1, 0.15) is 0 Å². The number of hydrogen-bond acceptors (Lipinski definition) is 0. The second-order valence-electron chi connectivity index (χ2n) is 11.8. The molecule has 0 nitrogen and oxygen atoms in total. The van der Waals surface area contributed by atoms with E-state index in [9.17, 15) is 0 Å². The van der Waals surface area contributed by atoms with Gasteiger partial charge in [0.2, 0.25) is 0 Å². The third kappa shape index (κ3) is 5.70. The molecule has 4 rings (SSSR count). The second kappa shape index (κ2) is 10.7. The molecule has 0 unspecified atom stereocenters. The van der Waals surface area contributed by atoms with Crippen LogP contribution in [0.25, 0.3) is 0 Å². The topological polar surface area (TPSA) is 0 Å². The van der Waals surface area contributed by atoms with Gasteiger partial charge < -0.3 is 0 Å². The van der Waals surface area contributed by atoms with E-state index in [1.807, 2.05) is 0 Å². The third-order valence-electron chi connectivity index (χ3n) is 8.19. The second-order valence-corrected chi connectivity index (χ2v) is 15.8. The van der Waals surface area contributed by atoms with Crippen molar-refractivity contribution in [3.63, 3.8) is 0 Å². The standard InChI is InChI=1S/C34H43P/c1-28-16-15-24-34(4,5)32(28)23-25-33(2,3)26-27-35(29-17-9-6-10-18-29,30-19-11-7-12-20-30)31-21-13-8-14-22-31/h6-14,17-23,25,35H,15-16,24,26-27H2,1-5H3/b25-23+. The van der Waals surface area contributed by atoms with Crippen molar-refractivity contribution in [3.05, 3.63) is 114 Å². The zero-order chi connectivity index (χ0) is 24.9. The molecule has 0 amide bonds. The number of allylic oxidation sites excluding steroid dienone is 4. The van der Waals surface area contributed by atoms with Crippen LogP contribution in [-0.2, 0) is 0 Å². The Labute approximate surface area is 214 Å². The van der Waals surface area contributed by atoms with Gasteiger partial charge in [0.15, 0.2) is 0 Å². The van der Waals surface area contributed by atoms with E-state index in [2.05, 4.69) is 138 Å². The summed E-state index contributed by atoms with van der Waals surface area (Å²) >= 11 is 0. The number of rotatable bonds is 8. The Morgan fingerprint density at radius 3 is 1.66 bits per heavy atom. The van der Waals surface area contributed by atoms with Crippen molar-refractivity contribution in [1.82, 2.24) is 0 Å². The van der Waals surface area contributed by atoms with Crippen LogP contribution in [0.3, 0.4) is 0 Å². The molecule has 184 valence electrons. The Bertz CT molecular complexity index is 1050. The van der Waals surface area contributed by atoms with Crippen molar-refractivity contribution in [2.75, 3.05) is 6.16 Å². The monoisotopic (exact) mass is 482 g/mol. The van der Waals surface area contributed by atoms with Gasteiger partial charge in [-0.05, 0) is 0 Å². The van der Waals surface area contributed by atoms with Crippen molar-refractivity contribution >= 4 is 23.2 Å². The molecule has 0 spiro atoms. The summed E-state index contributed by atoms with van der Waals surface area (Å²) in [5.74, 6) is 0. The quantitative estimate of drug-likeness (QED) is 0.284. The fourth-order valence-electron chi connectivity index (χ4n) is 6.01. The third-order valence-corrected chi connectivity index (χ3v) is 13.1. The van der Waals surface area contributed by atoms with E-state index in [1.54, 1.807) is 11.1 Å². The molecular weight excluding hydrogens is 439 g/mol. The molecule has 0 aliphatic heterocycles. The van der Waals surface area contributed by atoms with Crippen molar-refractivity contribution < 1.29 is 0 Å². The number of hydrogen-bond donors (Lipinski definition) is 0. The maximum absolute atomic E-state index is 2.51. The summed E-state index contributed by atoms with van der Waals surface area (Å²) in [6.45, 7) is 12.0. The first-order valence-electron chi connectivity index (χ1n) is 13.3. The molecule has 3 aromatic carbocycles. The van der Waals surface area contributed by atoms with Crippen LogP contribution in [0.4, 0.5) is 0 Å². The van der Waals surface area contributed by atoms with Crippen LogP contribution in [0.2, 0.25) is 0 Å². The van der Waals surface area contributed by atoms with Gasteiger partial charge in [-0.25, -0.2) is 0 Å². The minimum absolute atomic E-state index is 0.122. The van der Waals surface area contributed by atoms with Crippen LogP contribution < -0.4 is 15.9 Å². The van der Waals surface area contributed by atoms with Crippen LogP contribution in [0.15, 0.2) is 114 Å². The summed E-state index contributed by atoms with van der Waals surface area (Å²) < 4.78 is 0. The molecule has 0 aromatic heterocycles. The van der Waals surface area contributed by atoms with E-state index in [1.165, 1.54) is 41.3 Å². The number of benzene rings is 3. The van der Waals surface area contributed by atoms with Crippen molar-refractivity contribution in [2.45, 2.75) is 60.3 Å². The molecule has 0 fully saturated rings. The summed E-state index contributed by atoms with van der Waals surface area (Å²) in [6, 6.07) is 34.0. The minimum atomic E-state index is -2.19. The van der Waals surface area contributed by atoms with Crippen LogP contribution in [-0.4, -0.2) is 6.16 Å². The Morgan fingerprint density at radius 1 is 0.771 bits per heavy atom. The van der Waals surface area contributed by atoms with E-state index in [0.717, 1.165) is 6.42 Å². The Hall–Kier alpha value is -2.43. The van der Waals surface area contributed by atoms with Crippen LogP contribution in [0.5, 0.6) is 0 Å². The summed E-state index contributed by atoms with van der Waals surface area (Å²) in [5.41, 5.74) is 3.55. The summed E-state index contributed by atoms with van der Waals surface area (Å²) in [5, 5.41) is 4.51. The summed E-state index contributed by atoms with van der Waals surface area (Å²) in [6.07, 6.45) is 11.2. The van der Waals surface area contributed by atoms with Gasteiger partial charge in [-0.1, -0.05) is 0 Å². The average Bonchev–Trinajstić information content (AvgIpc) is 2.86. The molecule has 35 heavy (non-hydrogen) atoms. The van der Waals surface area contributed by atoms with Crippen molar-refractivity contribution in [2.24, 2.45) is 10.8 Å². The molecular formula is C34H43P. The molecule has 1 aliphatic carbocycles. The SMILES string of the molecule is CC1=C(/C=C/C(C)(C)CC[PH](c2ccccc2)(c2ccccc2)c2ccccc2)C(C)(C)CCC1. The molecule has 0 radical (unpaired) electrons. The first-order valence-corrected chi connectivity index (χ1v) is 15.5. The van der Waals surface area contributed by atoms with E-state index < -0.39 is 7.26 Å². The van der Waals surface area contributed by atoms with Crippen molar-refractivity contribution in [1.29, 1.82) is 0 Å². The first kappa shape index (κ1) is 25.7. The Kier molecular flexibility index (Phi) is 7.83. The van der Waals surface area contributed by atoms with Gasteiger partial charge in [-0.3, -0.25) is 0 Å². The van der Waals surface area contributed by atoms with Crippen LogP contribution in [0, 0.1) is 10.8 Å². The molecule has 0 atom stereocenters. The fourth-order valence-corrected chi connectivity index (χ4v) is 11.2. The zero-order valence-corrected chi connectivity index (χ0v) is 23.4. The molecule has 1 heteroatoms. The predicted octanol–water partition coefficient (Wildman–Crippen LogP) is 8.21. The van der Waals surface area contributed by atoms with Gasteiger partial charge >= 0.3 is 215 Å². The molecule has 0 N–H and O–H groups in total. The first-order chi connectivity index (χ1) is 16.7. The molecule has 3 aromatic rings. The zero-order valence-electron chi connectivity index (χ0n) is 22.4. The van der Waals surface area contributed by atoms with E-state index in [4.69, 9.17) is 0 Å². The van der Waals surface area contributed by atoms with Gasteiger partial charge in [-0.2, -0.15) is 0 Å². The Balaban J connectivity index is 1.73. The van der Waals surface area contributed by atoms with E-state index in [0.29, 0.717) is 0 Å². The van der Waals surface area contributed by atoms with Gasteiger partial charge in [0, 0.05) is 0 Å². The molecule has 0 heterocycles. The molecule has 0 saturated carbocycles. The average molecular weight is 483 g/mol. The summed E-state index contributed by atoms with van der Waals surface area (Å²) in [7, 11) is -2.19. The predicted molar refractivity (Wildman–Crippen MR) is 159 cm³/mol. The van der Waals surface area contributed by atoms with E-state index >= 15 is 0 Å². The Morgan fingerprint density at radius 2 is 1.23 bits per heavy atom. The van der Waals surface area contributed by atoms with E-state index in [-0.39, 0.29) is 10.8 Å². The van der Waals surface area contributed by atoms with Gasteiger partial charge in [0.05, 0.1) is 0 Å². The molecule has 0 bridgehead atoms. The molecule has 1 aliphatic rings. The fraction of sp³-hybridized carbons (Fsp3) is 0.353. The molecule has 0 saturated heterocycles. The van der Waals surface area contributed by atoms with Crippen LogP contribution in [0.1, 0.15) is 60.3 Å². The van der Waals surface area contributed by atoms with Crippen molar-refractivity contribution in [3.8, 4) is 0 Å². The van der Waals surface area contributed by atoms with Gasteiger partial charge in [0.25, 0.3) is 0 Å². The maximum atomic E-state index is 2.51. The van der Waals surface area contributed by atoms with Gasteiger partial charge in [-0.15, -0.1) is 0 Å². The van der Waals surface area contributed by atoms with Crippen LogP contribution >= 0.6 is 7.26 Å².